The lowest BCUT2D eigenvalue weighted by molar-refractivity contribution is -0.150. The van der Waals surface area contributed by atoms with Gasteiger partial charge in [0.05, 0.1) is 6.54 Å². The third kappa shape index (κ3) is 5.23. The normalized spacial score (nSPS) is 16.6. The number of likely N-dealkylation sites (N-methyl/N-ethyl adjacent to an activating group) is 2. The molecule has 1 saturated heterocycles. The number of carbonyl (C=O) groups excluding carboxylic acids is 2. The number of carbonyl (C=O) groups is 2. The van der Waals surface area contributed by atoms with Crippen LogP contribution in [0.5, 0.6) is 0 Å². The van der Waals surface area contributed by atoms with Crippen LogP contribution in [0.2, 0.25) is 0 Å². The second kappa shape index (κ2) is 10.1. The summed E-state index contributed by atoms with van der Waals surface area (Å²) in [7, 11) is 3.73. The number of nitrogens with zero attached hydrogens (tertiary/aromatic N) is 4. The molecular weight excluding hydrogens is 420 g/mol. The molecule has 6 nitrogen and oxygen atoms in total. The van der Waals surface area contributed by atoms with E-state index in [1.54, 1.807) is 27.3 Å². The van der Waals surface area contributed by atoms with E-state index in [0.717, 1.165) is 11.1 Å². The van der Waals surface area contributed by atoms with Crippen LogP contribution in [0.1, 0.15) is 11.1 Å². The maximum absolute atomic E-state index is 13.2. The average Bonchev–Trinajstić information content (AvgIpc) is 3.33. The maximum Gasteiger partial charge on any atom is 0.245 e. The van der Waals surface area contributed by atoms with Crippen LogP contribution in [0.4, 0.5) is 0 Å². The smallest absolute Gasteiger partial charge is 0.245 e. The molecule has 2 amide bonds. The van der Waals surface area contributed by atoms with Gasteiger partial charge in [-0.2, -0.15) is 0 Å². The van der Waals surface area contributed by atoms with E-state index in [9.17, 15) is 9.59 Å². The van der Waals surface area contributed by atoms with Gasteiger partial charge in [-0.05, 0) is 41.3 Å². The molecule has 0 saturated carbocycles. The number of rotatable bonds is 7. The molecule has 0 bridgehead atoms. The van der Waals surface area contributed by atoms with Crippen molar-refractivity contribution >= 4 is 23.2 Å². The summed E-state index contributed by atoms with van der Waals surface area (Å²) in [6.45, 7) is 2.01. The largest absolute Gasteiger partial charge is 0.342 e. The van der Waals surface area contributed by atoms with Crippen molar-refractivity contribution in [3.8, 4) is 10.4 Å². The summed E-state index contributed by atoms with van der Waals surface area (Å²) in [6, 6.07) is 15.9. The van der Waals surface area contributed by atoms with E-state index in [2.05, 4.69) is 40.7 Å². The minimum atomic E-state index is -0.472. The van der Waals surface area contributed by atoms with Crippen LogP contribution in [-0.4, -0.2) is 71.3 Å². The first-order valence-corrected chi connectivity index (χ1v) is 11.6. The molecule has 0 unspecified atom stereocenters. The topological polar surface area (TPSA) is 56.8 Å². The molecular formula is C25H28N4O2S. The molecule has 3 aromatic rings. The Morgan fingerprint density at radius 3 is 2.62 bits per heavy atom. The number of pyridine rings is 1. The molecule has 7 heteroatoms. The van der Waals surface area contributed by atoms with Crippen molar-refractivity contribution in [2.24, 2.45) is 0 Å². The van der Waals surface area contributed by atoms with E-state index in [0.29, 0.717) is 26.1 Å². The molecule has 2 aromatic heterocycles. The Balaban J connectivity index is 1.44. The summed E-state index contributed by atoms with van der Waals surface area (Å²) < 4.78 is 0. The van der Waals surface area contributed by atoms with Crippen LogP contribution in [0.15, 0.2) is 66.3 Å². The van der Waals surface area contributed by atoms with Gasteiger partial charge in [-0.3, -0.25) is 19.5 Å². The monoisotopic (exact) mass is 448 g/mol. The van der Waals surface area contributed by atoms with Gasteiger partial charge in [0.15, 0.2) is 0 Å². The van der Waals surface area contributed by atoms with Gasteiger partial charge in [-0.1, -0.05) is 36.4 Å². The van der Waals surface area contributed by atoms with Crippen molar-refractivity contribution in [3.63, 3.8) is 0 Å². The zero-order valence-corrected chi connectivity index (χ0v) is 19.3. The van der Waals surface area contributed by atoms with Gasteiger partial charge in [0.25, 0.3) is 0 Å². The number of benzene rings is 1. The summed E-state index contributed by atoms with van der Waals surface area (Å²) in [6.07, 6.45) is 4.07. The Kier molecular flexibility index (Phi) is 6.97. The number of aromatic nitrogens is 1. The molecule has 3 heterocycles. The number of thiophene rings is 1. The Morgan fingerprint density at radius 1 is 1.12 bits per heavy atom. The van der Waals surface area contributed by atoms with Crippen molar-refractivity contribution in [1.82, 2.24) is 19.7 Å². The summed E-state index contributed by atoms with van der Waals surface area (Å²) in [5.41, 5.74) is 3.28. The molecule has 1 atom stereocenters. The molecule has 1 aliphatic heterocycles. The fraction of sp³-hybridized carbons (Fsp3) is 0.320. The first-order valence-electron chi connectivity index (χ1n) is 10.8. The maximum atomic E-state index is 13.2. The number of amides is 2. The van der Waals surface area contributed by atoms with E-state index in [1.807, 2.05) is 43.4 Å². The molecule has 1 fully saturated rings. The molecule has 166 valence electrons. The zero-order valence-electron chi connectivity index (χ0n) is 18.5. The Labute approximate surface area is 193 Å². The molecule has 0 aliphatic carbocycles. The van der Waals surface area contributed by atoms with E-state index in [1.165, 1.54) is 10.4 Å². The highest BCUT2D eigenvalue weighted by molar-refractivity contribution is 7.13. The summed E-state index contributed by atoms with van der Waals surface area (Å²) in [5, 5.41) is 2.06. The third-order valence-electron chi connectivity index (χ3n) is 5.80. The molecule has 0 N–H and O–H groups in total. The fourth-order valence-electron chi connectivity index (χ4n) is 4.06. The molecule has 0 spiro atoms. The van der Waals surface area contributed by atoms with Crippen molar-refractivity contribution < 1.29 is 9.59 Å². The highest BCUT2D eigenvalue weighted by Crippen LogP contribution is 2.25. The lowest BCUT2D eigenvalue weighted by Crippen LogP contribution is -2.59. The van der Waals surface area contributed by atoms with Crippen LogP contribution in [0.25, 0.3) is 10.4 Å². The molecule has 1 aliphatic rings. The van der Waals surface area contributed by atoms with Crippen LogP contribution in [-0.2, 0) is 22.6 Å². The number of hydrogen-bond donors (Lipinski definition) is 0. The van der Waals surface area contributed by atoms with E-state index in [4.69, 9.17) is 0 Å². The van der Waals surface area contributed by atoms with Gasteiger partial charge in [0.2, 0.25) is 11.8 Å². The number of hydrogen-bond acceptors (Lipinski definition) is 5. The van der Waals surface area contributed by atoms with Gasteiger partial charge >= 0.3 is 0 Å². The first kappa shape index (κ1) is 22.2. The van der Waals surface area contributed by atoms with Crippen molar-refractivity contribution in [3.05, 3.63) is 77.4 Å². The van der Waals surface area contributed by atoms with Crippen molar-refractivity contribution in [1.29, 1.82) is 0 Å². The van der Waals surface area contributed by atoms with Crippen LogP contribution < -0.4 is 0 Å². The predicted molar refractivity (Wildman–Crippen MR) is 127 cm³/mol. The van der Waals surface area contributed by atoms with E-state index < -0.39 is 6.04 Å². The van der Waals surface area contributed by atoms with Gasteiger partial charge in [0, 0.05) is 50.4 Å². The molecule has 4 rings (SSSR count). The Bertz CT molecular complexity index is 1040. The zero-order chi connectivity index (χ0) is 22.5. The number of piperazine rings is 1. The lowest BCUT2D eigenvalue weighted by Gasteiger charge is -2.40. The van der Waals surface area contributed by atoms with Crippen LogP contribution in [0, 0.1) is 0 Å². The predicted octanol–water partition coefficient (Wildman–Crippen LogP) is 3.15. The van der Waals surface area contributed by atoms with Crippen LogP contribution >= 0.6 is 11.3 Å². The summed E-state index contributed by atoms with van der Waals surface area (Å²) in [5.74, 6) is -0.0140. The Morgan fingerprint density at radius 2 is 1.94 bits per heavy atom. The molecule has 0 radical (unpaired) electrons. The molecule has 1 aromatic carbocycles. The van der Waals surface area contributed by atoms with Gasteiger partial charge in [0.1, 0.15) is 6.04 Å². The average molecular weight is 449 g/mol. The first-order chi connectivity index (χ1) is 15.5. The van der Waals surface area contributed by atoms with Crippen LogP contribution in [0.3, 0.4) is 0 Å². The van der Waals surface area contributed by atoms with Gasteiger partial charge < -0.3 is 9.80 Å². The quantitative estimate of drug-likeness (QED) is 0.557. The van der Waals surface area contributed by atoms with E-state index >= 15 is 0 Å². The lowest BCUT2D eigenvalue weighted by atomic mass is 10.00. The van der Waals surface area contributed by atoms with Crippen molar-refractivity contribution in [2.75, 3.05) is 33.7 Å². The third-order valence-corrected chi connectivity index (χ3v) is 6.72. The second-order valence-corrected chi connectivity index (χ2v) is 9.22. The second-order valence-electron chi connectivity index (χ2n) is 8.27. The van der Waals surface area contributed by atoms with Gasteiger partial charge in [-0.25, -0.2) is 0 Å². The van der Waals surface area contributed by atoms with Crippen molar-refractivity contribution in [2.45, 2.75) is 19.0 Å². The molecule has 32 heavy (non-hydrogen) atoms. The minimum absolute atomic E-state index is 0.00171. The highest BCUT2D eigenvalue weighted by atomic mass is 32.1. The Hall–Kier alpha value is -3.03. The summed E-state index contributed by atoms with van der Waals surface area (Å²) in [4.78, 5) is 37.0. The van der Waals surface area contributed by atoms with E-state index in [-0.39, 0.29) is 18.4 Å². The van der Waals surface area contributed by atoms with Gasteiger partial charge in [-0.15, -0.1) is 11.3 Å². The summed E-state index contributed by atoms with van der Waals surface area (Å²) >= 11 is 1.71. The SMILES string of the molecule is CN(CC(=O)N1CCN(C)C(=O)[C@@H]1Cc1ccc(-c2cccs2)cc1)Cc1cccnc1. The fourth-order valence-corrected chi connectivity index (χ4v) is 4.79. The highest BCUT2D eigenvalue weighted by Gasteiger charge is 2.36. The minimum Gasteiger partial charge on any atom is -0.342 e. The standard InChI is InChI=1S/C25H28N4O2S/c1-27(17-20-5-3-11-26-16-20)18-24(30)29-13-12-28(2)25(31)22(29)15-19-7-9-21(10-8-19)23-6-4-14-32-23/h3-11,14,16,22H,12-13,15,17-18H2,1-2H3/t22-/m0/s1.